The Hall–Kier alpha value is -1.61. The Morgan fingerprint density at radius 1 is 1.12 bits per heavy atom. The molecule has 0 spiro atoms. The summed E-state index contributed by atoms with van der Waals surface area (Å²) in [4.78, 5) is 7.01. The summed E-state index contributed by atoms with van der Waals surface area (Å²) in [5.41, 5.74) is 2.79. The molecule has 0 saturated heterocycles. The molecule has 1 aliphatic rings. The zero-order valence-electron chi connectivity index (χ0n) is 15.7. The van der Waals surface area contributed by atoms with E-state index in [2.05, 4.69) is 68.8 Å². The second-order valence-corrected chi connectivity index (χ2v) is 8.40. The molecular weight excluding hydrogens is 296 g/mol. The van der Waals surface area contributed by atoms with Gasteiger partial charge in [-0.05, 0) is 29.9 Å². The highest BCUT2D eigenvalue weighted by molar-refractivity contribution is 5.24. The minimum absolute atomic E-state index is 0.0162. The van der Waals surface area contributed by atoms with Gasteiger partial charge in [-0.3, -0.25) is 4.90 Å². The van der Waals surface area contributed by atoms with Crippen molar-refractivity contribution in [2.24, 2.45) is 0 Å². The fourth-order valence-electron chi connectivity index (χ4n) is 2.90. The second kappa shape index (κ2) is 6.72. The quantitative estimate of drug-likeness (QED) is 0.725. The van der Waals surface area contributed by atoms with Gasteiger partial charge in [0, 0.05) is 18.0 Å². The van der Waals surface area contributed by atoms with E-state index in [-0.39, 0.29) is 5.41 Å². The van der Waals surface area contributed by atoms with Gasteiger partial charge in [0.2, 0.25) is 5.89 Å². The van der Waals surface area contributed by atoms with Crippen LogP contribution in [0.15, 0.2) is 34.9 Å². The summed E-state index contributed by atoms with van der Waals surface area (Å²) in [6.45, 7) is 12.7. The molecular formula is C21H30N2O. The third-order valence-corrected chi connectivity index (χ3v) is 4.73. The Morgan fingerprint density at radius 3 is 2.29 bits per heavy atom. The van der Waals surface area contributed by atoms with E-state index in [1.807, 2.05) is 6.20 Å². The molecule has 2 aromatic rings. The largest absolute Gasteiger partial charge is 0.444 e. The molecule has 0 unspecified atom stereocenters. The van der Waals surface area contributed by atoms with Gasteiger partial charge >= 0.3 is 0 Å². The summed E-state index contributed by atoms with van der Waals surface area (Å²) in [7, 11) is 0. The Labute approximate surface area is 146 Å². The Balaban J connectivity index is 1.68. The predicted molar refractivity (Wildman–Crippen MR) is 98.0 cm³/mol. The normalized spacial score (nSPS) is 15.5. The van der Waals surface area contributed by atoms with Crippen molar-refractivity contribution >= 4 is 0 Å². The van der Waals surface area contributed by atoms with Crippen LogP contribution in [0.3, 0.4) is 0 Å². The maximum absolute atomic E-state index is 5.99. The highest BCUT2D eigenvalue weighted by Gasteiger charge is 2.30. The van der Waals surface area contributed by atoms with Crippen molar-refractivity contribution in [3.8, 4) is 0 Å². The van der Waals surface area contributed by atoms with Gasteiger partial charge in [0.25, 0.3) is 0 Å². The molecule has 0 atom stereocenters. The molecule has 1 aromatic carbocycles. The van der Waals surface area contributed by atoms with Gasteiger partial charge in [-0.2, -0.15) is 0 Å². The first-order chi connectivity index (χ1) is 11.3. The van der Waals surface area contributed by atoms with Crippen LogP contribution in [0.2, 0.25) is 0 Å². The molecule has 1 heterocycles. The Kier molecular flexibility index (Phi) is 4.82. The van der Waals surface area contributed by atoms with Gasteiger partial charge in [-0.25, -0.2) is 4.98 Å². The molecule has 3 heteroatoms. The van der Waals surface area contributed by atoms with Gasteiger partial charge < -0.3 is 4.42 Å². The zero-order chi connectivity index (χ0) is 17.3. The zero-order valence-corrected chi connectivity index (χ0v) is 15.7. The van der Waals surface area contributed by atoms with Crippen molar-refractivity contribution in [1.29, 1.82) is 0 Å². The molecule has 3 nitrogen and oxygen atoms in total. The summed E-state index contributed by atoms with van der Waals surface area (Å²) < 4.78 is 5.99. The van der Waals surface area contributed by atoms with Crippen LogP contribution in [0.5, 0.6) is 0 Å². The standard InChI is InChI=1S/C21H30N2O/c1-15(2)17-8-6-16(7-9-17)13-23(18-10-11-18)14-20-22-12-19(24-20)21(3,4)5/h6-9,12,15,18H,10-11,13-14H2,1-5H3. The summed E-state index contributed by atoms with van der Waals surface area (Å²) in [5.74, 6) is 2.39. The van der Waals surface area contributed by atoms with Crippen LogP contribution in [-0.2, 0) is 18.5 Å². The van der Waals surface area contributed by atoms with Crippen molar-refractivity contribution in [2.45, 2.75) is 77.9 Å². The van der Waals surface area contributed by atoms with Crippen LogP contribution < -0.4 is 0 Å². The van der Waals surface area contributed by atoms with Gasteiger partial charge in [0.15, 0.2) is 0 Å². The average Bonchev–Trinajstić information content (AvgIpc) is 3.25. The molecule has 1 saturated carbocycles. The van der Waals surface area contributed by atoms with Gasteiger partial charge in [0.1, 0.15) is 5.76 Å². The molecule has 0 bridgehead atoms. The van der Waals surface area contributed by atoms with E-state index >= 15 is 0 Å². The summed E-state index contributed by atoms with van der Waals surface area (Å²) in [5, 5.41) is 0. The first-order valence-electron chi connectivity index (χ1n) is 9.11. The number of hydrogen-bond acceptors (Lipinski definition) is 3. The lowest BCUT2D eigenvalue weighted by molar-refractivity contribution is 0.215. The van der Waals surface area contributed by atoms with E-state index in [9.17, 15) is 0 Å². The average molecular weight is 326 g/mol. The number of nitrogens with zero attached hydrogens (tertiary/aromatic N) is 2. The van der Waals surface area contributed by atoms with Crippen LogP contribution in [-0.4, -0.2) is 15.9 Å². The number of benzene rings is 1. The fraction of sp³-hybridized carbons (Fsp3) is 0.571. The SMILES string of the molecule is CC(C)c1ccc(CN(Cc2ncc(C(C)(C)C)o2)C2CC2)cc1. The van der Waals surface area contributed by atoms with Gasteiger partial charge in [-0.1, -0.05) is 58.9 Å². The molecule has 0 N–H and O–H groups in total. The lowest BCUT2D eigenvalue weighted by Gasteiger charge is -2.21. The number of oxazole rings is 1. The first kappa shape index (κ1) is 17.2. The van der Waals surface area contributed by atoms with Gasteiger partial charge in [-0.15, -0.1) is 0 Å². The minimum Gasteiger partial charge on any atom is -0.444 e. The monoisotopic (exact) mass is 326 g/mol. The molecule has 0 radical (unpaired) electrons. The third-order valence-electron chi connectivity index (χ3n) is 4.73. The fourth-order valence-corrected chi connectivity index (χ4v) is 2.90. The topological polar surface area (TPSA) is 29.3 Å². The van der Waals surface area contributed by atoms with Crippen molar-refractivity contribution in [2.75, 3.05) is 0 Å². The van der Waals surface area contributed by atoms with E-state index in [0.29, 0.717) is 12.0 Å². The lowest BCUT2D eigenvalue weighted by Crippen LogP contribution is -2.25. The van der Waals surface area contributed by atoms with Crippen molar-refractivity contribution < 1.29 is 4.42 Å². The smallest absolute Gasteiger partial charge is 0.208 e. The maximum Gasteiger partial charge on any atom is 0.208 e. The second-order valence-electron chi connectivity index (χ2n) is 8.40. The number of rotatable bonds is 6. The predicted octanol–water partition coefficient (Wildman–Crippen LogP) is 5.26. The summed E-state index contributed by atoms with van der Waals surface area (Å²) in [6, 6.07) is 9.73. The maximum atomic E-state index is 5.99. The lowest BCUT2D eigenvalue weighted by atomic mass is 9.94. The van der Waals surface area contributed by atoms with Crippen LogP contribution in [0.1, 0.15) is 76.2 Å². The molecule has 0 amide bonds. The van der Waals surface area contributed by atoms with E-state index < -0.39 is 0 Å². The summed E-state index contributed by atoms with van der Waals surface area (Å²) in [6.07, 6.45) is 4.46. The van der Waals surface area contributed by atoms with Crippen LogP contribution in [0.25, 0.3) is 0 Å². The number of aromatic nitrogens is 1. The molecule has 3 rings (SSSR count). The van der Waals surface area contributed by atoms with Crippen LogP contribution >= 0.6 is 0 Å². The van der Waals surface area contributed by atoms with Crippen molar-refractivity contribution in [3.63, 3.8) is 0 Å². The number of hydrogen-bond donors (Lipinski definition) is 0. The van der Waals surface area contributed by atoms with E-state index in [0.717, 1.165) is 24.7 Å². The Morgan fingerprint density at radius 2 is 1.79 bits per heavy atom. The van der Waals surface area contributed by atoms with Crippen molar-refractivity contribution in [3.05, 3.63) is 53.2 Å². The molecule has 1 aromatic heterocycles. The van der Waals surface area contributed by atoms with E-state index in [1.54, 1.807) is 0 Å². The van der Waals surface area contributed by atoms with Crippen LogP contribution in [0.4, 0.5) is 0 Å². The van der Waals surface area contributed by atoms with E-state index in [4.69, 9.17) is 4.42 Å². The minimum atomic E-state index is 0.0162. The van der Waals surface area contributed by atoms with E-state index in [1.165, 1.54) is 24.0 Å². The molecule has 1 fully saturated rings. The third kappa shape index (κ3) is 4.27. The summed E-state index contributed by atoms with van der Waals surface area (Å²) >= 11 is 0. The van der Waals surface area contributed by atoms with Crippen LogP contribution in [0, 0.1) is 0 Å². The molecule has 130 valence electrons. The first-order valence-corrected chi connectivity index (χ1v) is 9.11. The Bertz CT molecular complexity index is 660. The van der Waals surface area contributed by atoms with Gasteiger partial charge in [0.05, 0.1) is 12.7 Å². The molecule has 24 heavy (non-hydrogen) atoms. The highest BCUT2D eigenvalue weighted by Crippen LogP contribution is 2.31. The molecule has 0 aliphatic heterocycles. The highest BCUT2D eigenvalue weighted by atomic mass is 16.4. The van der Waals surface area contributed by atoms with Crippen molar-refractivity contribution in [1.82, 2.24) is 9.88 Å². The molecule has 1 aliphatic carbocycles.